The molecule has 0 aromatic carbocycles. The molecule has 4 rings (SSSR count). The topological polar surface area (TPSA) is 54.4 Å². The van der Waals surface area contributed by atoms with Crippen LogP contribution in [-0.2, 0) is 9.84 Å². The van der Waals surface area contributed by atoms with Gasteiger partial charge in [0.25, 0.3) is 0 Å². The fourth-order valence-corrected chi connectivity index (χ4v) is 5.94. The van der Waals surface area contributed by atoms with Gasteiger partial charge in [-0.1, -0.05) is 0 Å². The number of rotatable bonds is 1. The second-order valence-electron chi connectivity index (χ2n) is 6.19. The fraction of sp³-hybridized carbons (Fsp3) is 1.00. The molecule has 17 heavy (non-hydrogen) atoms. The van der Waals surface area contributed by atoms with E-state index in [2.05, 4.69) is 0 Å². The zero-order valence-corrected chi connectivity index (χ0v) is 11.0. The van der Waals surface area contributed by atoms with Crippen molar-refractivity contribution >= 4 is 9.84 Å². The highest BCUT2D eigenvalue weighted by Gasteiger charge is 2.53. The molecule has 4 nitrogen and oxygen atoms in total. The third kappa shape index (κ3) is 1.92. The summed E-state index contributed by atoms with van der Waals surface area (Å²) in [4.78, 5) is 0. The number of hydrogen-bond donors (Lipinski definition) is 1. The molecule has 3 unspecified atom stereocenters. The van der Waals surface area contributed by atoms with E-state index in [-0.39, 0.29) is 6.61 Å². The Morgan fingerprint density at radius 3 is 2.47 bits per heavy atom. The van der Waals surface area contributed by atoms with Gasteiger partial charge in [0.1, 0.15) is 0 Å². The lowest BCUT2D eigenvalue weighted by Crippen LogP contribution is -2.70. The number of sulfone groups is 1. The molecule has 4 fully saturated rings. The Hall–Kier alpha value is -0.130. The highest BCUT2D eigenvalue weighted by molar-refractivity contribution is 7.91. The van der Waals surface area contributed by atoms with Crippen molar-refractivity contribution in [3.8, 4) is 0 Å². The van der Waals surface area contributed by atoms with E-state index in [1.54, 1.807) is 0 Å². The average molecular weight is 260 g/mol. The van der Waals surface area contributed by atoms with Crippen LogP contribution in [0, 0.1) is 11.8 Å². The Labute approximate surface area is 103 Å². The fourth-order valence-electron chi connectivity index (χ4n) is 4.45. The van der Waals surface area contributed by atoms with Crippen LogP contribution in [0.4, 0.5) is 0 Å². The van der Waals surface area contributed by atoms with Crippen LogP contribution in [0.1, 0.15) is 19.3 Å². The summed E-state index contributed by atoms with van der Waals surface area (Å²) >= 11 is 0. The molecule has 3 atom stereocenters. The minimum atomic E-state index is -2.78. The van der Waals surface area contributed by atoms with Gasteiger partial charge < -0.3 is 9.59 Å². The van der Waals surface area contributed by atoms with Crippen molar-refractivity contribution in [2.45, 2.75) is 25.3 Å². The lowest BCUT2D eigenvalue weighted by atomic mass is 9.71. The molecule has 3 saturated heterocycles. The van der Waals surface area contributed by atoms with Crippen molar-refractivity contribution < 1.29 is 18.0 Å². The van der Waals surface area contributed by atoms with Crippen LogP contribution in [0.3, 0.4) is 0 Å². The van der Waals surface area contributed by atoms with E-state index in [1.807, 2.05) is 0 Å². The number of aliphatic hydroxyl groups is 1. The summed E-state index contributed by atoms with van der Waals surface area (Å²) in [5.41, 5.74) is 0. The van der Waals surface area contributed by atoms with E-state index in [0.717, 1.165) is 36.5 Å². The molecule has 1 aliphatic carbocycles. The molecule has 0 amide bonds. The van der Waals surface area contributed by atoms with Crippen molar-refractivity contribution in [3.63, 3.8) is 0 Å². The number of quaternary nitrogens is 1. The summed E-state index contributed by atoms with van der Waals surface area (Å²) in [6.45, 7) is 3.03. The molecule has 5 heteroatoms. The van der Waals surface area contributed by atoms with Crippen molar-refractivity contribution in [1.82, 2.24) is 0 Å². The van der Waals surface area contributed by atoms with E-state index in [9.17, 15) is 13.5 Å². The first-order valence-electron chi connectivity index (χ1n) is 6.72. The molecule has 4 aliphatic rings. The summed E-state index contributed by atoms with van der Waals surface area (Å²) in [5, 5.41) is 9.50. The third-order valence-electron chi connectivity index (χ3n) is 5.31. The number of piperidine rings is 2. The summed E-state index contributed by atoms with van der Waals surface area (Å²) in [6.07, 6.45) is 3.64. The maximum absolute atomic E-state index is 11.6. The summed E-state index contributed by atoms with van der Waals surface area (Å²) in [5.74, 6) is 1.85. The zero-order chi connectivity index (χ0) is 12.1. The van der Waals surface area contributed by atoms with Gasteiger partial charge in [-0.25, -0.2) is 8.42 Å². The second-order valence-corrected chi connectivity index (χ2v) is 8.49. The standard InChI is InChI=1S/C12H22NO3S/c14-9-11-7-10-1-2-12(11)13(8-10)3-5-17(15,16)6-4-13/h10-12,14H,1-9H2/q+1. The third-order valence-corrected chi connectivity index (χ3v) is 6.92. The van der Waals surface area contributed by atoms with E-state index in [1.165, 1.54) is 12.8 Å². The van der Waals surface area contributed by atoms with Gasteiger partial charge in [0.15, 0.2) is 9.84 Å². The maximum atomic E-state index is 11.6. The van der Waals surface area contributed by atoms with Crippen LogP contribution >= 0.6 is 0 Å². The second kappa shape index (κ2) is 3.93. The summed E-state index contributed by atoms with van der Waals surface area (Å²) in [6, 6.07) is 0.528. The molecule has 3 heterocycles. The zero-order valence-electron chi connectivity index (χ0n) is 10.2. The predicted molar refractivity (Wildman–Crippen MR) is 65.2 cm³/mol. The lowest BCUT2D eigenvalue weighted by molar-refractivity contribution is -0.966. The van der Waals surface area contributed by atoms with Crippen molar-refractivity contribution in [2.75, 3.05) is 37.7 Å². The molecule has 1 N–H and O–H groups in total. The molecular formula is C12H22NO3S+. The monoisotopic (exact) mass is 260 g/mol. The first-order chi connectivity index (χ1) is 8.05. The van der Waals surface area contributed by atoms with Gasteiger partial charge in [-0.05, 0) is 12.8 Å². The Kier molecular flexibility index (Phi) is 2.76. The van der Waals surface area contributed by atoms with Crippen LogP contribution < -0.4 is 0 Å². The number of fused-ring (bicyclic) bond motifs is 2. The molecule has 1 saturated carbocycles. The van der Waals surface area contributed by atoms with Gasteiger partial charge >= 0.3 is 0 Å². The number of nitrogens with zero attached hydrogens (tertiary/aromatic N) is 1. The van der Waals surface area contributed by atoms with Gasteiger partial charge in [0.05, 0.1) is 43.8 Å². The van der Waals surface area contributed by atoms with Gasteiger partial charge in [-0.3, -0.25) is 0 Å². The minimum absolute atomic E-state index is 0.286. The van der Waals surface area contributed by atoms with Crippen LogP contribution in [0.25, 0.3) is 0 Å². The Bertz CT molecular complexity index is 392. The first-order valence-corrected chi connectivity index (χ1v) is 8.54. The molecule has 0 radical (unpaired) electrons. The van der Waals surface area contributed by atoms with Gasteiger partial charge in [-0.2, -0.15) is 0 Å². The van der Waals surface area contributed by atoms with Crippen LogP contribution in [0.2, 0.25) is 0 Å². The molecular weight excluding hydrogens is 238 g/mol. The van der Waals surface area contributed by atoms with Crippen LogP contribution in [0.15, 0.2) is 0 Å². The highest BCUT2D eigenvalue weighted by Crippen LogP contribution is 2.44. The lowest BCUT2D eigenvalue weighted by Gasteiger charge is -2.58. The molecule has 2 bridgehead atoms. The molecule has 0 aromatic heterocycles. The summed E-state index contributed by atoms with van der Waals surface area (Å²) < 4.78 is 24.1. The van der Waals surface area contributed by atoms with Gasteiger partial charge in [-0.15, -0.1) is 0 Å². The average Bonchev–Trinajstić information content (AvgIpc) is 2.34. The van der Waals surface area contributed by atoms with E-state index < -0.39 is 9.84 Å². The Balaban J connectivity index is 1.84. The molecule has 1 spiro atoms. The quantitative estimate of drug-likeness (QED) is 0.676. The predicted octanol–water partition coefficient (Wildman–Crippen LogP) is 0.0224. The van der Waals surface area contributed by atoms with E-state index in [4.69, 9.17) is 0 Å². The van der Waals surface area contributed by atoms with E-state index >= 15 is 0 Å². The normalized spacial score (nSPS) is 42.8. The highest BCUT2D eigenvalue weighted by atomic mass is 32.2. The van der Waals surface area contributed by atoms with Gasteiger partial charge in [0.2, 0.25) is 0 Å². The molecule has 3 aliphatic heterocycles. The Morgan fingerprint density at radius 2 is 1.88 bits per heavy atom. The smallest absolute Gasteiger partial charge is 0.161 e. The number of hydrogen-bond acceptors (Lipinski definition) is 3. The van der Waals surface area contributed by atoms with Gasteiger partial charge in [0, 0.05) is 18.3 Å². The largest absolute Gasteiger partial charge is 0.396 e. The van der Waals surface area contributed by atoms with Crippen molar-refractivity contribution in [3.05, 3.63) is 0 Å². The number of aliphatic hydroxyl groups excluding tert-OH is 1. The van der Waals surface area contributed by atoms with Crippen LogP contribution in [0.5, 0.6) is 0 Å². The molecule has 98 valence electrons. The summed E-state index contributed by atoms with van der Waals surface area (Å²) in [7, 11) is -2.78. The van der Waals surface area contributed by atoms with Crippen LogP contribution in [-0.4, -0.2) is 61.8 Å². The Morgan fingerprint density at radius 1 is 1.18 bits per heavy atom. The van der Waals surface area contributed by atoms with Crippen molar-refractivity contribution in [2.24, 2.45) is 11.8 Å². The first kappa shape index (κ1) is 11.9. The maximum Gasteiger partial charge on any atom is 0.161 e. The minimum Gasteiger partial charge on any atom is -0.396 e. The van der Waals surface area contributed by atoms with Crippen molar-refractivity contribution in [1.29, 1.82) is 0 Å². The SMILES string of the molecule is O=S1(=O)CC[N+]2(CC1)CC1CCC2C(CO)C1. The van der Waals surface area contributed by atoms with E-state index in [0.29, 0.717) is 23.5 Å². The molecule has 0 aromatic rings.